The summed E-state index contributed by atoms with van der Waals surface area (Å²) in [6.45, 7) is 1.74. The highest BCUT2D eigenvalue weighted by Crippen LogP contribution is 2.42. The molecular formula is C13H19N5O3. The SMILES string of the molecule is CN1CCC[C@]2(C(=O)O)CCN(C(=O)c3cn[nH]n3)C[C@@H]12. The number of rotatable bonds is 2. The van der Waals surface area contributed by atoms with Gasteiger partial charge in [0.25, 0.3) is 5.91 Å². The summed E-state index contributed by atoms with van der Waals surface area (Å²) in [4.78, 5) is 27.9. The number of carbonyl (C=O) groups excluding carboxylic acids is 1. The molecule has 3 heterocycles. The van der Waals surface area contributed by atoms with Gasteiger partial charge in [-0.3, -0.25) is 9.59 Å². The Morgan fingerprint density at radius 3 is 2.90 bits per heavy atom. The van der Waals surface area contributed by atoms with E-state index in [0.717, 1.165) is 13.0 Å². The lowest BCUT2D eigenvalue weighted by molar-refractivity contribution is -0.161. The number of nitrogens with zero attached hydrogens (tertiary/aromatic N) is 4. The number of aromatic nitrogens is 3. The van der Waals surface area contributed by atoms with Gasteiger partial charge < -0.3 is 14.9 Å². The van der Waals surface area contributed by atoms with Crippen molar-refractivity contribution in [1.82, 2.24) is 25.2 Å². The number of carboxylic acid groups (broad SMARTS) is 1. The van der Waals surface area contributed by atoms with Crippen molar-refractivity contribution in [3.8, 4) is 0 Å². The molecule has 0 radical (unpaired) electrons. The topological polar surface area (TPSA) is 102 Å². The van der Waals surface area contributed by atoms with E-state index < -0.39 is 11.4 Å². The van der Waals surface area contributed by atoms with Gasteiger partial charge in [0.1, 0.15) is 0 Å². The Bertz CT molecular complexity index is 546. The average Bonchev–Trinajstić information content (AvgIpc) is 3.00. The highest BCUT2D eigenvalue weighted by atomic mass is 16.4. The Morgan fingerprint density at radius 1 is 1.43 bits per heavy atom. The number of likely N-dealkylation sites (N-methyl/N-ethyl adjacent to an activating group) is 1. The second-order valence-corrected chi connectivity index (χ2v) is 5.92. The van der Waals surface area contributed by atoms with Gasteiger partial charge in [-0.1, -0.05) is 0 Å². The zero-order chi connectivity index (χ0) is 15.0. The van der Waals surface area contributed by atoms with Gasteiger partial charge in [0.2, 0.25) is 0 Å². The molecule has 0 bridgehead atoms. The molecule has 2 aliphatic heterocycles. The molecule has 0 aliphatic carbocycles. The minimum Gasteiger partial charge on any atom is -0.481 e. The van der Waals surface area contributed by atoms with Crippen LogP contribution in [0.5, 0.6) is 0 Å². The summed E-state index contributed by atoms with van der Waals surface area (Å²) < 4.78 is 0. The molecule has 0 spiro atoms. The van der Waals surface area contributed by atoms with E-state index in [4.69, 9.17) is 0 Å². The highest BCUT2D eigenvalue weighted by molar-refractivity contribution is 5.92. The van der Waals surface area contributed by atoms with Crippen molar-refractivity contribution in [3.05, 3.63) is 11.9 Å². The first-order valence-corrected chi connectivity index (χ1v) is 7.13. The Kier molecular flexibility index (Phi) is 3.40. The zero-order valence-corrected chi connectivity index (χ0v) is 11.9. The van der Waals surface area contributed by atoms with Crippen LogP contribution in [0.15, 0.2) is 6.20 Å². The molecule has 0 unspecified atom stereocenters. The number of carbonyl (C=O) groups is 2. The van der Waals surface area contributed by atoms with Crippen molar-refractivity contribution in [2.24, 2.45) is 5.41 Å². The lowest BCUT2D eigenvalue weighted by Crippen LogP contribution is -2.63. The molecule has 2 fully saturated rings. The molecule has 2 saturated heterocycles. The molecule has 2 aliphatic rings. The summed E-state index contributed by atoms with van der Waals surface area (Å²) >= 11 is 0. The van der Waals surface area contributed by atoms with E-state index in [-0.39, 0.29) is 17.6 Å². The number of H-pyrrole nitrogens is 1. The van der Waals surface area contributed by atoms with Crippen LogP contribution in [-0.4, -0.2) is 74.9 Å². The van der Waals surface area contributed by atoms with Crippen LogP contribution in [0.2, 0.25) is 0 Å². The molecule has 114 valence electrons. The predicted octanol–water partition coefficient (Wildman–Crippen LogP) is -0.184. The molecule has 1 amide bonds. The van der Waals surface area contributed by atoms with Crippen LogP contribution >= 0.6 is 0 Å². The van der Waals surface area contributed by atoms with Gasteiger partial charge in [-0.25, -0.2) is 0 Å². The standard InChI is InChI=1S/C13H19N5O3/c1-17-5-2-3-13(12(20)21)4-6-18(8-10(13)17)11(19)9-7-14-16-15-9/h7,10H,2-6,8H2,1H3,(H,20,21)(H,14,15,16)/t10-,13+/m1/s1. The molecule has 21 heavy (non-hydrogen) atoms. The summed E-state index contributed by atoms with van der Waals surface area (Å²) in [5.74, 6) is -0.936. The fourth-order valence-corrected chi connectivity index (χ4v) is 3.64. The summed E-state index contributed by atoms with van der Waals surface area (Å²) in [6.07, 6.45) is 3.45. The van der Waals surface area contributed by atoms with Crippen LogP contribution in [0.25, 0.3) is 0 Å². The number of hydrogen-bond donors (Lipinski definition) is 2. The maximum Gasteiger partial charge on any atom is 0.311 e. The van der Waals surface area contributed by atoms with E-state index in [9.17, 15) is 14.7 Å². The predicted molar refractivity (Wildman–Crippen MR) is 72.6 cm³/mol. The smallest absolute Gasteiger partial charge is 0.311 e. The molecule has 2 atom stereocenters. The number of fused-ring (bicyclic) bond motifs is 1. The maximum absolute atomic E-state index is 12.4. The van der Waals surface area contributed by atoms with Crippen molar-refractivity contribution in [3.63, 3.8) is 0 Å². The first-order valence-electron chi connectivity index (χ1n) is 7.13. The first kappa shape index (κ1) is 14.0. The fourth-order valence-electron chi connectivity index (χ4n) is 3.64. The molecule has 8 nitrogen and oxygen atoms in total. The number of nitrogens with one attached hydrogen (secondary N) is 1. The van der Waals surface area contributed by atoms with Gasteiger partial charge in [0.15, 0.2) is 5.69 Å². The third-order valence-corrected chi connectivity index (χ3v) is 4.87. The number of aromatic amines is 1. The number of amides is 1. The van der Waals surface area contributed by atoms with Crippen molar-refractivity contribution in [2.45, 2.75) is 25.3 Å². The van der Waals surface area contributed by atoms with Crippen LogP contribution in [0.1, 0.15) is 29.8 Å². The van der Waals surface area contributed by atoms with Crippen LogP contribution in [0, 0.1) is 5.41 Å². The number of likely N-dealkylation sites (tertiary alicyclic amines) is 2. The van der Waals surface area contributed by atoms with Crippen LogP contribution < -0.4 is 0 Å². The van der Waals surface area contributed by atoms with E-state index in [1.807, 2.05) is 7.05 Å². The lowest BCUT2D eigenvalue weighted by atomic mass is 9.68. The maximum atomic E-state index is 12.4. The minimum atomic E-state index is -0.743. The Balaban J connectivity index is 1.82. The second-order valence-electron chi connectivity index (χ2n) is 5.92. The quantitative estimate of drug-likeness (QED) is 0.784. The van der Waals surface area contributed by atoms with E-state index >= 15 is 0 Å². The van der Waals surface area contributed by atoms with Gasteiger partial charge in [-0.05, 0) is 32.9 Å². The second kappa shape index (κ2) is 5.10. The van der Waals surface area contributed by atoms with E-state index in [0.29, 0.717) is 25.9 Å². The lowest BCUT2D eigenvalue weighted by Gasteiger charge is -2.51. The average molecular weight is 293 g/mol. The highest BCUT2D eigenvalue weighted by Gasteiger charge is 2.52. The van der Waals surface area contributed by atoms with Crippen LogP contribution in [0.4, 0.5) is 0 Å². The molecule has 0 saturated carbocycles. The van der Waals surface area contributed by atoms with Crippen LogP contribution in [0.3, 0.4) is 0 Å². The molecule has 1 aromatic rings. The van der Waals surface area contributed by atoms with Crippen molar-refractivity contribution in [2.75, 3.05) is 26.7 Å². The largest absolute Gasteiger partial charge is 0.481 e. The monoisotopic (exact) mass is 293 g/mol. The molecule has 0 aromatic carbocycles. The third-order valence-electron chi connectivity index (χ3n) is 4.87. The Morgan fingerprint density at radius 2 is 2.24 bits per heavy atom. The molecule has 2 N–H and O–H groups in total. The normalized spacial score (nSPS) is 30.0. The summed E-state index contributed by atoms with van der Waals surface area (Å²) in [6, 6.07) is -0.145. The van der Waals surface area contributed by atoms with Crippen molar-refractivity contribution in [1.29, 1.82) is 0 Å². The number of piperidine rings is 2. The summed E-state index contributed by atoms with van der Waals surface area (Å²) in [7, 11) is 1.94. The van der Waals surface area contributed by atoms with Gasteiger partial charge in [-0.2, -0.15) is 15.4 Å². The van der Waals surface area contributed by atoms with E-state index in [2.05, 4.69) is 20.3 Å². The molecule has 8 heteroatoms. The van der Waals surface area contributed by atoms with Gasteiger partial charge >= 0.3 is 5.97 Å². The zero-order valence-electron chi connectivity index (χ0n) is 11.9. The van der Waals surface area contributed by atoms with Crippen molar-refractivity contribution < 1.29 is 14.7 Å². The van der Waals surface area contributed by atoms with Crippen molar-refractivity contribution >= 4 is 11.9 Å². The minimum absolute atomic E-state index is 0.145. The Labute approximate surface area is 122 Å². The van der Waals surface area contributed by atoms with Gasteiger partial charge in [0, 0.05) is 19.1 Å². The third kappa shape index (κ3) is 2.19. The Hall–Kier alpha value is -1.96. The molecule has 3 rings (SSSR count). The number of hydrogen-bond acceptors (Lipinski definition) is 5. The van der Waals surface area contributed by atoms with E-state index in [1.165, 1.54) is 6.20 Å². The number of aliphatic carboxylic acids is 1. The fraction of sp³-hybridized carbons (Fsp3) is 0.692. The summed E-state index contributed by atoms with van der Waals surface area (Å²) in [5.41, 5.74) is -0.454. The van der Waals surface area contributed by atoms with Crippen LogP contribution in [-0.2, 0) is 4.79 Å². The van der Waals surface area contributed by atoms with Gasteiger partial charge in [0.05, 0.1) is 11.6 Å². The van der Waals surface area contributed by atoms with Gasteiger partial charge in [-0.15, -0.1) is 0 Å². The molecule has 1 aromatic heterocycles. The van der Waals surface area contributed by atoms with E-state index in [1.54, 1.807) is 4.90 Å². The first-order chi connectivity index (χ1) is 10.0. The number of carboxylic acids is 1. The summed E-state index contributed by atoms with van der Waals surface area (Å²) in [5, 5.41) is 19.6. The molecular weight excluding hydrogens is 274 g/mol.